The topological polar surface area (TPSA) is 89.0 Å². The molecule has 7 nitrogen and oxygen atoms in total. The van der Waals surface area contributed by atoms with Crippen LogP contribution in [0.2, 0.25) is 0 Å². The van der Waals surface area contributed by atoms with Crippen molar-refractivity contribution in [3.8, 4) is 5.75 Å². The van der Waals surface area contributed by atoms with E-state index in [1.54, 1.807) is 23.7 Å². The van der Waals surface area contributed by atoms with Gasteiger partial charge in [-0.15, -0.1) is 11.3 Å². The average molecular weight is 458 g/mol. The molecule has 4 rings (SSSR count). The zero-order chi connectivity index (χ0) is 22.6. The highest BCUT2D eigenvalue weighted by Crippen LogP contribution is 2.34. The van der Waals surface area contributed by atoms with Crippen LogP contribution in [0.1, 0.15) is 27.4 Å². The Kier molecular flexibility index (Phi) is 7.16. The van der Waals surface area contributed by atoms with Gasteiger partial charge in [0.1, 0.15) is 18.0 Å². The lowest BCUT2D eigenvalue weighted by Crippen LogP contribution is -2.54. The lowest BCUT2D eigenvalue weighted by Gasteiger charge is -2.38. The lowest BCUT2D eigenvalue weighted by molar-refractivity contribution is -0.192. The summed E-state index contributed by atoms with van der Waals surface area (Å²) in [5.41, 5.74) is 0. The van der Waals surface area contributed by atoms with Gasteiger partial charge in [0.25, 0.3) is 5.91 Å². The van der Waals surface area contributed by atoms with Crippen LogP contribution in [0.15, 0.2) is 36.7 Å². The van der Waals surface area contributed by atoms with Gasteiger partial charge in [-0.05, 0) is 44.0 Å². The van der Waals surface area contributed by atoms with E-state index in [1.165, 1.54) is 0 Å². The van der Waals surface area contributed by atoms with E-state index < -0.39 is 12.1 Å². The number of rotatable bonds is 3. The Morgan fingerprint density at radius 2 is 2.03 bits per heavy atom. The number of halogens is 3. The summed E-state index contributed by atoms with van der Waals surface area (Å²) in [5, 5.41) is 7.12. The van der Waals surface area contributed by atoms with Gasteiger partial charge in [0.2, 0.25) is 0 Å². The van der Waals surface area contributed by atoms with Crippen molar-refractivity contribution in [1.82, 2.24) is 9.88 Å². The van der Waals surface area contributed by atoms with Crippen LogP contribution in [0.5, 0.6) is 5.75 Å². The standard InChI is InChI=1S/C18H20N2O3S.C2HF3O2/c1-12-4-7-16(24-12)18(21)20-9-10-22-17-14(20)5-6-15(17)23-13-3-2-8-19-11-13;3-2(4,5)1(6)7/h2-4,7-8,11,14-15,17H,5-6,9-10H2,1H3;(H,6,7)/t14-,15-,17+;/m0./s1. The first-order chi connectivity index (χ1) is 14.7. The van der Waals surface area contributed by atoms with Crippen LogP contribution >= 0.6 is 11.3 Å². The SMILES string of the molecule is Cc1ccc(C(=O)N2CCO[C@H]3[C@@H](Oc4cccnc4)CC[C@@H]32)s1.O=C(O)C(F)(F)F. The third-order valence-corrected chi connectivity index (χ3v) is 5.90. The summed E-state index contributed by atoms with van der Waals surface area (Å²) in [6.45, 7) is 3.23. The molecule has 2 fully saturated rings. The number of carbonyl (C=O) groups excluding carboxylic acids is 1. The van der Waals surface area contributed by atoms with Crippen molar-refractivity contribution in [1.29, 1.82) is 0 Å². The highest BCUT2D eigenvalue weighted by molar-refractivity contribution is 7.13. The van der Waals surface area contributed by atoms with E-state index in [9.17, 15) is 18.0 Å². The monoisotopic (exact) mass is 458 g/mol. The number of carboxylic acids is 1. The van der Waals surface area contributed by atoms with Gasteiger partial charge in [0.05, 0.1) is 23.7 Å². The third-order valence-electron chi connectivity index (χ3n) is 4.91. The Balaban J connectivity index is 0.000000339. The fraction of sp³-hybridized carbons (Fsp3) is 0.450. The zero-order valence-corrected chi connectivity index (χ0v) is 17.4. The van der Waals surface area contributed by atoms with E-state index in [-0.39, 0.29) is 24.2 Å². The molecule has 168 valence electrons. The summed E-state index contributed by atoms with van der Waals surface area (Å²) in [4.78, 5) is 29.8. The van der Waals surface area contributed by atoms with Crippen molar-refractivity contribution in [3.63, 3.8) is 0 Å². The van der Waals surface area contributed by atoms with E-state index >= 15 is 0 Å². The first-order valence-electron chi connectivity index (χ1n) is 9.52. The molecule has 0 radical (unpaired) electrons. The molecule has 1 N–H and O–H groups in total. The number of fused-ring (bicyclic) bond motifs is 1. The maximum atomic E-state index is 12.9. The number of aryl methyl sites for hydroxylation is 1. The second-order valence-corrected chi connectivity index (χ2v) is 8.32. The van der Waals surface area contributed by atoms with Crippen molar-refractivity contribution < 1.29 is 37.3 Å². The Hall–Kier alpha value is -2.66. The number of thiophene rings is 1. The van der Waals surface area contributed by atoms with Crippen LogP contribution < -0.4 is 4.74 Å². The number of aromatic nitrogens is 1. The van der Waals surface area contributed by atoms with Crippen molar-refractivity contribution in [2.45, 2.75) is 44.2 Å². The molecular formula is C20H21F3N2O5S. The van der Waals surface area contributed by atoms with Gasteiger partial charge in [0, 0.05) is 17.6 Å². The highest BCUT2D eigenvalue weighted by atomic mass is 32.1. The number of amides is 1. The van der Waals surface area contributed by atoms with E-state index in [2.05, 4.69) is 4.98 Å². The Bertz CT molecular complexity index is 906. The number of hydrogen-bond donors (Lipinski definition) is 1. The summed E-state index contributed by atoms with van der Waals surface area (Å²) >= 11 is 1.56. The Labute approximate surface area is 180 Å². The molecule has 1 aliphatic heterocycles. The molecule has 0 bridgehead atoms. The summed E-state index contributed by atoms with van der Waals surface area (Å²) in [6.07, 6.45) is 0.0606. The number of aliphatic carboxylic acids is 1. The molecule has 3 heterocycles. The summed E-state index contributed by atoms with van der Waals surface area (Å²) < 4.78 is 43.8. The number of morpholine rings is 1. The maximum absolute atomic E-state index is 12.9. The van der Waals surface area contributed by atoms with E-state index in [1.807, 2.05) is 36.1 Å². The predicted octanol–water partition coefficient (Wildman–Crippen LogP) is 3.54. The minimum absolute atomic E-state index is 0.0279. The number of ether oxygens (including phenoxy) is 2. The minimum Gasteiger partial charge on any atom is -0.486 e. The van der Waals surface area contributed by atoms with Gasteiger partial charge in [0.15, 0.2) is 0 Å². The molecule has 1 aliphatic carbocycles. The second-order valence-electron chi connectivity index (χ2n) is 7.04. The number of hydrogen-bond acceptors (Lipinski definition) is 6. The Morgan fingerprint density at radius 1 is 1.29 bits per heavy atom. The highest BCUT2D eigenvalue weighted by Gasteiger charge is 2.46. The Morgan fingerprint density at radius 3 is 2.61 bits per heavy atom. The minimum atomic E-state index is -5.08. The van der Waals surface area contributed by atoms with Crippen LogP contribution in [0, 0.1) is 6.92 Å². The molecule has 31 heavy (non-hydrogen) atoms. The zero-order valence-electron chi connectivity index (χ0n) is 16.5. The van der Waals surface area contributed by atoms with Crippen molar-refractivity contribution >= 4 is 23.2 Å². The van der Waals surface area contributed by atoms with Crippen molar-refractivity contribution in [3.05, 3.63) is 46.4 Å². The first kappa shape index (κ1) is 23.0. The van der Waals surface area contributed by atoms with Gasteiger partial charge in [-0.2, -0.15) is 13.2 Å². The lowest BCUT2D eigenvalue weighted by atomic mass is 10.1. The molecule has 11 heteroatoms. The third kappa shape index (κ3) is 5.73. The normalized spacial score (nSPS) is 22.8. The van der Waals surface area contributed by atoms with Gasteiger partial charge >= 0.3 is 12.1 Å². The molecule has 1 saturated carbocycles. The molecule has 1 saturated heterocycles. The molecule has 0 aromatic carbocycles. The average Bonchev–Trinajstić information content (AvgIpc) is 3.34. The largest absolute Gasteiger partial charge is 0.490 e. The first-order valence-corrected chi connectivity index (χ1v) is 10.3. The van der Waals surface area contributed by atoms with Gasteiger partial charge in [-0.1, -0.05) is 0 Å². The molecule has 2 aliphatic rings. The van der Waals surface area contributed by atoms with Crippen molar-refractivity contribution in [2.75, 3.05) is 13.2 Å². The fourth-order valence-electron chi connectivity index (χ4n) is 3.58. The second kappa shape index (κ2) is 9.65. The van der Waals surface area contributed by atoms with Gasteiger partial charge in [-0.25, -0.2) is 4.79 Å². The summed E-state index contributed by atoms with van der Waals surface area (Å²) in [7, 11) is 0. The van der Waals surface area contributed by atoms with E-state index in [0.717, 1.165) is 28.3 Å². The smallest absolute Gasteiger partial charge is 0.486 e. The fourth-order valence-corrected chi connectivity index (χ4v) is 4.40. The van der Waals surface area contributed by atoms with E-state index in [0.29, 0.717) is 13.2 Å². The molecular weight excluding hydrogens is 437 g/mol. The molecule has 1 amide bonds. The molecule has 2 aromatic heterocycles. The summed E-state index contributed by atoms with van der Waals surface area (Å²) in [5.74, 6) is -1.88. The number of nitrogens with zero attached hydrogens (tertiary/aromatic N) is 2. The van der Waals surface area contributed by atoms with Crippen LogP contribution in [0.25, 0.3) is 0 Å². The molecule has 2 aromatic rings. The van der Waals surface area contributed by atoms with Gasteiger partial charge in [-0.3, -0.25) is 9.78 Å². The summed E-state index contributed by atoms with van der Waals surface area (Å²) in [6, 6.07) is 7.78. The van der Waals surface area contributed by atoms with Gasteiger partial charge < -0.3 is 19.5 Å². The number of pyridine rings is 1. The van der Waals surface area contributed by atoms with Crippen LogP contribution in [0.3, 0.4) is 0 Å². The number of alkyl halides is 3. The molecule has 0 unspecified atom stereocenters. The van der Waals surface area contributed by atoms with Crippen molar-refractivity contribution in [2.24, 2.45) is 0 Å². The van der Waals surface area contributed by atoms with E-state index in [4.69, 9.17) is 19.4 Å². The maximum Gasteiger partial charge on any atom is 0.490 e. The molecule has 3 atom stereocenters. The quantitative estimate of drug-likeness (QED) is 0.757. The number of carboxylic acid groups (broad SMARTS) is 1. The predicted molar refractivity (Wildman–Crippen MR) is 105 cm³/mol. The van der Waals surface area contributed by atoms with Crippen LogP contribution in [-0.2, 0) is 9.53 Å². The van der Waals surface area contributed by atoms with Crippen LogP contribution in [-0.4, -0.2) is 64.4 Å². The number of carbonyl (C=O) groups is 2. The molecule has 0 spiro atoms. The van der Waals surface area contributed by atoms with Crippen LogP contribution in [0.4, 0.5) is 13.2 Å².